The third-order valence-electron chi connectivity index (χ3n) is 6.96. The Hall–Kier alpha value is -1.47. The van der Waals surface area contributed by atoms with Gasteiger partial charge in [0.1, 0.15) is 23.4 Å². The van der Waals surface area contributed by atoms with Crippen LogP contribution in [-0.4, -0.2) is 62.3 Å². The van der Waals surface area contributed by atoms with Gasteiger partial charge in [-0.25, -0.2) is 0 Å². The highest BCUT2D eigenvalue weighted by atomic mass is 16.6. The minimum atomic E-state index is -0.318. The molecule has 6 nitrogen and oxygen atoms in total. The van der Waals surface area contributed by atoms with E-state index in [9.17, 15) is 4.79 Å². The van der Waals surface area contributed by atoms with Gasteiger partial charge in [0.2, 0.25) is 0 Å². The molecule has 2 saturated heterocycles. The summed E-state index contributed by atoms with van der Waals surface area (Å²) >= 11 is 0. The Bertz CT molecular complexity index is 749. The molecule has 3 aliphatic rings. The molecule has 2 heterocycles. The molecule has 1 aliphatic carbocycles. The van der Waals surface area contributed by atoms with Crippen LogP contribution in [0.3, 0.4) is 0 Å². The van der Waals surface area contributed by atoms with E-state index in [0.717, 1.165) is 32.3 Å². The van der Waals surface area contributed by atoms with Gasteiger partial charge in [-0.3, -0.25) is 4.79 Å². The first-order chi connectivity index (χ1) is 15.3. The zero-order chi connectivity index (χ0) is 23.4. The van der Waals surface area contributed by atoms with Crippen LogP contribution in [0.2, 0.25) is 0 Å². The number of epoxide rings is 2. The van der Waals surface area contributed by atoms with Crippen LogP contribution in [0.25, 0.3) is 0 Å². The van der Waals surface area contributed by atoms with E-state index in [2.05, 4.69) is 58.2 Å². The summed E-state index contributed by atoms with van der Waals surface area (Å²) in [6, 6.07) is 0. The van der Waals surface area contributed by atoms with Crippen molar-refractivity contribution in [2.75, 3.05) is 26.8 Å². The van der Waals surface area contributed by atoms with Crippen molar-refractivity contribution in [2.45, 2.75) is 89.8 Å². The molecule has 0 amide bonds. The fourth-order valence-corrected chi connectivity index (χ4v) is 5.17. The summed E-state index contributed by atoms with van der Waals surface area (Å²) in [4.78, 5) is 12.5. The van der Waals surface area contributed by atoms with Gasteiger partial charge in [0.15, 0.2) is 0 Å². The number of rotatable bonds is 11. The van der Waals surface area contributed by atoms with Gasteiger partial charge in [-0.15, -0.1) is 0 Å². The zero-order valence-electron chi connectivity index (χ0n) is 20.6. The highest BCUT2D eigenvalue weighted by Crippen LogP contribution is 2.59. The maximum absolute atomic E-state index is 12.5. The Morgan fingerprint density at radius 2 is 2.00 bits per heavy atom. The first-order valence-corrected chi connectivity index (χ1v) is 12.0. The van der Waals surface area contributed by atoms with E-state index in [0.29, 0.717) is 6.54 Å². The molecule has 0 radical (unpaired) electrons. The predicted octanol–water partition coefficient (Wildman–Crippen LogP) is 4.11. The van der Waals surface area contributed by atoms with Crippen molar-refractivity contribution in [1.82, 2.24) is 5.32 Å². The van der Waals surface area contributed by atoms with Crippen LogP contribution in [0.15, 0.2) is 35.5 Å². The normalized spacial score (nSPS) is 36.4. The number of nitrogens with one attached hydrogen (secondary N) is 1. The Morgan fingerprint density at radius 1 is 1.25 bits per heavy atom. The highest BCUT2D eigenvalue weighted by Gasteiger charge is 2.72. The molecule has 0 aromatic carbocycles. The van der Waals surface area contributed by atoms with Gasteiger partial charge in [-0.1, -0.05) is 42.4 Å². The number of hydrogen-bond acceptors (Lipinski definition) is 6. The van der Waals surface area contributed by atoms with Crippen LogP contribution < -0.4 is 5.32 Å². The molecular weight excluding hydrogens is 406 g/mol. The predicted molar refractivity (Wildman–Crippen MR) is 125 cm³/mol. The van der Waals surface area contributed by atoms with E-state index in [-0.39, 0.29) is 47.9 Å². The van der Waals surface area contributed by atoms with Gasteiger partial charge in [0.25, 0.3) is 0 Å². The van der Waals surface area contributed by atoms with Crippen molar-refractivity contribution in [3.63, 3.8) is 0 Å². The largest absolute Gasteiger partial charge is 0.459 e. The molecule has 1 N–H and O–H groups in total. The van der Waals surface area contributed by atoms with Crippen LogP contribution in [0.1, 0.15) is 60.3 Å². The lowest BCUT2D eigenvalue weighted by atomic mass is 9.68. The molecule has 1 saturated carbocycles. The van der Waals surface area contributed by atoms with Crippen molar-refractivity contribution < 1.29 is 23.7 Å². The van der Waals surface area contributed by atoms with Crippen molar-refractivity contribution in [3.8, 4) is 0 Å². The highest BCUT2D eigenvalue weighted by molar-refractivity contribution is 5.72. The van der Waals surface area contributed by atoms with E-state index in [1.54, 1.807) is 7.11 Å². The number of allylic oxidation sites excluding steroid dienone is 4. The Morgan fingerprint density at radius 3 is 2.62 bits per heavy atom. The fraction of sp³-hybridized carbons (Fsp3) is 0.731. The topological polar surface area (TPSA) is 72.6 Å². The lowest BCUT2D eigenvalue weighted by molar-refractivity contribution is -0.170. The number of carbonyl (C=O) groups is 1. The molecule has 1 spiro atoms. The van der Waals surface area contributed by atoms with Crippen LogP contribution in [0.5, 0.6) is 0 Å². The second kappa shape index (κ2) is 10.6. The van der Waals surface area contributed by atoms with Gasteiger partial charge >= 0.3 is 5.97 Å². The van der Waals surface area contributed by atoms with Gasteiger partial charge < -0.3 is 24.3 Å². The average molecular weight is 448 g/mol. The number of ether oxygens (including phenoxy) is 4. The van der Waals surface area contributed by atoms with E-state index in [1.165, 1.54) is 11.1 Å². The Labute approximate surface area is 193 Å². The second-order valence-electron chi connectivity index (χ2n) is 9.80. The summed E-state index contributed by atoms with van der Waals surface area (Å²) < 4.78 is 24.0. The molecule has 0 aromatic heterocycles. The summed E-state index contributed by atoms with van der Waals surface area (Å²) in [7, 11) is 1.70. The average Bonchev–Trinajstić information content (AvgIpc) is 3.65. The third-order valence-corrected chi connectivity index (χ3v) is 6.96. The molecule has 6 atom stereocenters. The molecule has 0 bridgehead atoms. The summed E-state index contributed by atoms with van der Waals surface area (Å²) in [6.45, 7) is 12.1. The number of carbonyl (C=O) groups excluding carboxylic acids is 1. The van der Waals surface area contributed by atoms with Gasteiger partial charge in [0.05, 0.1) is 25.2 Å². The SMILES string of the molecule is CC/C=C(C)/C=C/CNCC(=O)O[C@@H]1CC[C@]2(CO2)[C@@H]([C@]2(C)O[C@@H]2CC=C(C)C)[C@@H]1OC. The van der Waals surface area contributed by atoms with Crippen LogP contribution in [0.4, 0.5) is 0 Å². The maximum atomic E-state index is 12.5. The van der Waals surface area contributed by atoms with Crippen molar-refractivity contribution in [3.05, 3.63) is 35.5 Å². The van der Waals surface area contributed by atoms with Gasteiger partial charge in [0, 0.05) is 13.7 Å². The molecule has 0 aromatic rings. The van der Waals surface area contributed by atoms with Gasteiger partial charge in [-0.05, 0) is 53.4 Å². The van der Waals surface area contributed by atoms with Crippen LogP contribution >= 0.6 is 0 Å². The van der Waals surface area contributed by atoms with Crippen molar-refractivity contribution in [2.24, 2.45) is 5.92 Å². The first-order valence-electron chi connectivity index (χ1n) is 12.0. The quantitative estimate of drug-likeness (QED) is 0.169. The zero-order valence-corrected chi connectivity index (χ0v) is 20.6. The molecule has 180 valence electrons. The molecule has 6 heteroatoms. The van der Waals surface area contributed by atoms with E-state index in [4.69, 9.17) is 18.9 Å². The molecule has 3 fully saturated rings. The number of methoxy groups -OCH3 is 1. The summed E-state index contributed by atoms with van der Waals surface area (Å²) in [5.74, 6) is -0.202. The molecular formula is C26H41NO5. The second-order valence-corrected chi connectivity index (χ2v) is 9.80. The summed E-state index contributed by atoms with van der Waals surface area (Å²) in [5, 5.41) is 3.14. The van der Waals surface area contributed by atoms with E-state index < -0.39 is 0 Å². The van der Waals surface area contributed by atoms with Crippen molar-refractivity contribution in [1.29, 1.82) is 0 Å². The standard InChI is InChI=1S/C26H41NO5/c1-7-9-19(4)10-8-15-27-16-22(28)31-20-13-14-26(17-30-26)24(23(20)29-6)25(5)21(32-25)12-11-18(2)3/h8-11,20-21,23-24,27H,7,12-17H2,1-6H3/b10-8+,19-9+/t20-,21-,23-,24-,25-,26+/m1/s1. The molecule has 2 aliphatic heterocycles. The maximum Gasteiger partial charge on any atom is 0.320 e. The Balaban J connectivity index is 1.56. The monoisotopic (exact) mass is 447 g/mol. The van der Waals surface area contributed by atoms with Crippen molar-refractivity contribution >= 4 is 5.97 Å². The lowest BCUT2D eigenvalue weighted by Gasteiger charge is -2.42. The smallest absolute Gasteiger partial charge is 0.320 e. The minimum absolute atomic E-state index is 0.0475. The van der Waals surface area contributed by atoms with Crippen LogP contribution in [0, 0.1) is 5.92 Å². The summed E-state index contributed by atoms with van der Waals surface area (Å²) in [6.07, 6.45) is 11.6. The summed E-state index contributed by atoms with van der Waals surface area (Å²) in [5.41, 5.74) is 1.99. The van der Waals surface area contributed by atoms with E-state index in [1.807, 2.05) is 6.08 Å². The molecule has 32 heavy (non-hydrogen) atoms. The van der Waals surface area contributed by atoms with Crippen LogP contribution in [-0.2, 0) is 23.7 Å². The Kier molecular flexibility index (Phi) is 8.37. The third kappa shape index (κ3) is 5.90. The first kappa shape index (κ1) is 25.2. The fourth-order valence-electron chi connectivity index (χ4n) is 5.17. The number of esters is 1. The molecule has 0 unspecified atom stereocenters. The lowest BCUT2D eigenvalue weighted by Crippen LogP contribution is -2.56. The van der Waals surface area contributed by atoms with E-state index >= 15 is 0 Å². The minimum Gasteiger partial charge on any atom is -0.459 e. The number of hydrogen-bond donors (Lipinski definition) is 1. The molecule has 3 rings (SSSR count). The van der Waals surface area contributed by atoms with Gasteiger partial charge in [-0.2, -0.15) is 0 Å².